The molecule has 9 nitrogen and oxygen atoms in total. The fraction of sp³-hybridized carbons (Fsp3) is 0.500. The van der Waals surface area contributed by atoms with Crippen molar-refractivity contribution in [3.63, 3.8) is 0 Å². The molecule has 7 rings (SSSR count). The Labute approximate surface area is 216 Å². The van der Waals surface area contributed by atoms with E-state index in [0.29, 0.717) is 5.92 Å². The highest BCUT2D eigenvalue weighted by atomic mass is 16.5. The third-order valence-electron chi connectivity index (χ3n) is 8.13. The predicted molar refractivity (Wildman–Crippen MR) is 144 cm³/mol. The molecule has 37 heavy (non-hydrogen) atoms. The Balaban J connectivity index is 1.31. The summed E-state index contributed by atoms with van der Waals surface area (Å²) in [7, 11) is 2.07. The number of aromatic amines is 1. The van der Waals surface area contributed by atoms with Crippen LogP contribution in [0.15, 0.2) is 18.2 Å². The van der Waals surface area contributed by atoms with E-state index in [1.165, 1.54) is 35.5 Å². The van der Waals surface area contributed by atoms with Crippen molar-refractivity contribution in [1.82, 2.24) is 29.9 Å². The molecule has 3 aliphatic rings. The number of aryl methyl sites for hydroxylation is 3. The van der Waals surface area contributed by atoms with E-state index in [-0.39, 0.29) is 6.10 Å². The van der Waals surface area contributed by atoms with Crippen molar-refractivity contribution >= 4 is 22.5 Å². The minimum Gasteiger partial charge on any atom is -0.375 e. The van der Waals surface area contributed by atoms with Gasteiger partial charge in [0.05, 0.1) is 28.7 Å². The van der Waals surface area contributed by atoms with Crippen LogP contribution in [0.1, 0.15) is 53.9 Å². The summed E-state index contributed by atoms with van der Waals surface area (Å²) in [6.07, 6.45) is 3.67. The Morgan fingerprint density at radius 2 is 1.95 bits per heavy atom. The van der Waals surface area contributed by atoms with Crippen LogP contribution in [0, 0.1) is 13.8 Å². The van der Waals surface area contributed by atoms with Crippen LogP contribution in [-0.2, 0) is 24.8 Å². The predicted octanol–water partition coefficient (Wildman–Crippen LogP) is 4.04. The van der Waals surface area contributed by atoms with Gasteiger partial charge in [0.25, 0.3) is 0 Å². The Morgan fingerprint density at radius 1 is 1.11 bits per heavy atom. The van der Waals surface area contributed by atoms with Crippen LogP contribution in [0.5, 0.6) is 0 Å². The maximum Gasteiger partial charge on any atom is 0.162 e. The zero-order chi connectivity index (χ0) is 25.3. The molecule has 192 valence electrons. The molecule has 0 bridgehead atoms. The maximum atomic E-state index is 5.89. The van der Waals surface area contributed by atoms with Gasteiger partial charge in [0.2, 0.25) is 0 Å². The zero-order valence-electron chi connectivity index (χ0n) is 22.1. The normalized spacial score (nSPS) is 17.9. The molecule has 0 radical (unpaired) electrons. The average Bonchev–Trinajstić information content (AvgIpc) is 3.56. The van der Waals surface area contributed by atoms with Crippen molar-refractivity contribution in [2.75, 3.05) is 36.0 Å². The standard InChI is InChI=1S/C28H34N8O/c1-5-37-19-13-36(14-19)28-20-15-35(24-12-23(18-7-8-18)33-34(24)4)11-10-21(20)29-27(30-28)25-16(2)6-9-22-26(25)17(3)31-32-22/h6,9,12,18-19H,5,7-8,10-11,13-15H2,1-4H3,(H,31,32). The summed E-state index contributed by atoms with van der Waals surface area (Å²) in [5.41, 5.74) is 7.86. The largest absolute Gasteiger partial charge is 0.375 e. The van der Waals surface area contributed by atoms with Crippen LogP contribution in [0.25, 0.3) is 22.3 Å². The van der Waals surface area contributed by atoms with E-state index in [1.54, 1.807) is 0 Å². The minimum absolute atomic E-state index is 0.262. The highest BCUT2D eigenvalue weighted by Crippen LogP contribution is 2.41. The molecule has 0 spiro atoms. The first-order chi connectivity index (χ1) is 18.0. The monoisotopic (exact) mass is 498 g/mol. The lowest BCUT2D eigenvalue weighted by Gasteiger charge is -2.42. The van der Waals surface area contributed by atoms with Gasteiger partial charge in [0, 0.05) is 74.8 Å². The van der Waals surface area contributed by atoms with Gasteiger partial charge >= 0.3 is 0 Å². The number of nitrogens with one attached hydrogen (secondary N) is 1. The highest BCUT2D eigenvalue weighted by molar-refractivity contribution is 5.96. The Bertz CT molecular complexity index is 1490. The SMILES string of the molecule is CCOC1CN(c2nc(-c3c(C)ccc4[nH]nc(C)c34)nc3c2CN(c2cc(C4CC4)nn2C)CC3)C1. The fourth-order valence-corrected chi connectivity index (χ4v) is 5.94. The molecule has 0 atom stereocenters. The molecule has 2 aliphatic heterocycles. The van der Waals surface area contributed by atoms with Crippen molar-refractivity contribution < 1.29 is 4.74 Å². The van der Waals surface area contributed by atoms with Gasteiger partial charge in [-0.2, -0.15) is 10.2 Å². The molecule has 1 N–H and O–H groups in total. The molecule has 2 fully saturated rings. The molecule has 9 heteroatoms. The number of nitrogens with zero attached hydrogens (tertiary/aromatic N) is 7. The molecular formula is C28H34N8O. The quantitative estimate of drug-likeness (QED) is 0.429. The number of aromatic nitrogens is 6. The van der Waals surface area contributed by atoms with Gasteiger partial charge in [-0.15, -0.1) is 0 Å². The average molecular weight is 499 g/mol. The van der Waals surface area contributed by atoms with Crippen molar-refractivity contribution in [3.8, 4) is 11.4 Å². The number of H-pyrrole nitrogens is 1. The first-order valence-electron chi connectivity index (χ1n) is 13.5. The smallest absolute Gasteiger partial charge is 0.162 e. The second-order valence-electron chi connectivity index (χ2n) is 10.8. The lowest BCUT2D eigenvalue weighted by Crippen LogP contribution is -2.53. The van der Waals surface area contributed by atoms with Crippen LogP contribution in [0.3, 0.4) is 0 Å². The molecular weight excluding hydrogens is 464 g/mol. The summed E-state index contributed by atoms with van der Waals surface area (Å²) < 4.78 is 7.94. The van der Waals surface area contributed by atoms with E-state index in [2.05, 4.69) is 59.1 Å². The number of hydrogen-bond acceptors (Lipinski definition) is 7. The Hall–Kier alpha value is -3.46. The molecule has 0 unspecified atom stereocenters. The van der Waals surface area contributed by atoms with Gasteiger partial charge in [0.15, 0.2) is 5.82 Å². The van der Waals surface area contributed by atoms with Crippen LogP contribution >= 0.6 is 0 Å². The molecule has 1 saturated carbocycles. The van der Waals surface area contributed by atoms with Gasteiger partial charge < -0.3 is 14.5 Å². The number of benzene rings is 1. The number of ether oxygens (including phenoxy) is 1. The van der Waals surface area contributed by atoms with E-state index >= 15 is 0 Å². The topological polar surface area (TPSA) is 88.0 Å². The van der Waals surface area contributed by atoms with Gasteiger partial charge in [-0.05, 0) is 45.2 Å². The molecule has 1 aliphatic carbocycles. The summed E-state index contributed by atoms with van der Waals surface area (Å²) in [5, 5.41) is 13.6. The van der Waals surface area contributed by atoms with E-state index < -0.39 is 0 Å². The third kappa shape index (κ3) is 3.79. The second kappa shape index (κ2) is 8.55. The molecule has 1 aromatic carbocycles. The second-order valence-corrected chi connectivity index (χ2v) is 10.8. The lowest BCUT2D eigenvalue weighted by molar-refractivity contribution is 0.0426. The van der Waals surface area contributed by atoms with E-state index in [0.717, 1.165) is 78.7 Å². The van der Waals surface area contributed by atoms with Gasteiger partial charge in [-0.3, -0.25) is 9.78 Å². The zero-order valence-corrected chi connectivity index (χ0v) is 22.1. The van der Waals surface area contributed by atoms with E-state index in [4.69, 9.17) is 19.8 Å². The van der Waals surface area contributed by atoms with E-state index in [9.17, 15) is 0 Å². The summed E-state index contributed by atoms with van der Waals surface area (Å²) in [4.78, 5) is 15.3. The van der Waals surface area contributed by atoms with Crippen molar-refractivity contribution in [2.24, 2.45) is 7.05 Å². The lowest BCUT2D eigenvalue weighted by atomic mass is 9.99. The molecule has 1 saturated heterocycles. The summed E-state index contributed by atoms with van der Waals surface area (Å²) >= 11 is 0. The number of anilines is 2. The highest BCUT2D eigenvalue weighted by Gasteiger charge is 2.35. The van der Waals surface area contributed by atoms with Crippen LogP contribution in [0.4, 0.5) is 11.6 Å². The number of hydrogen-bond donors (Lipinski definition) is 1. The maximum absolute atomic E-state index is 5.89. The first-order valence-corrected chi connectivity index (χ1v) is 13.5. The van der Waals surface area contributed by atoms with Crippen LogP contribution < -0.4 is 9.80 Å². The molecule has 5 heterocycles. The van der Waals surface area contributed by atoms with Crippen LogP contribution in [-0.4, -0.2) is 62.3 Å². The first kappa shape index (κ1) is 22.7. The molecule has 0 amide bonds. The summed E-state index contributed by atoms with van der Waals surface area (Å²) in [6, 6.07) is 6.52. The van der Waals surface area contributed by atoms with Crippen molar-refractivity contribution in [3.05, 3.63) is 46.4 Å². The van der Waals surface area contributed by atoms with Crippen molar-refractivity contribution in [1.29, 1.82) is 0 Å². The van der Waals surface area contributed by atoms with Gasteiger partial charge in [-0.25, -0.2) is 9.97 Å². The summed E-state index contributed by atoms with van der Waals surface area (Å²) in [6.45, 7) is 10.4. The molecule has 3 aromatic heterocycles. The summed E-state index contributed by atoms with van der Waals surface area (Å²) in [5.74, 6) is 3.68. The fourth-order valence-electron chi connectivity index (χ4n) is 5.94. The number of rotatable bonds is 6. The van der Waals surface area contributed by atoms with Crippen molar-refractivity contribution in [2.45, 2.75) is 58.6 Å². The van der Waals surface area contributed by atoms with Crippen LogP contribution in [0.2, 0.25) is 0 Å². The van der Waals surface area contributed by atoms with E-state index in [1.807, 2.05) is 11.6 Å². The number of fused-ring (bicyclic) bond motifs is 2. The Morgan fingerprint density at radius 3 is 2.73 bits per heavy atom. The van der Waals surface area contributed by atoms with Gasteiger partial charge in [0.1, 0.15) is 11.6 Å². The minimum atomic E-state index is 0.262. The third-order valence-corrected chi connectivity index (χ3v) is 8.13. The Kier molecular flexibility index (Phi) is 5.25. The molecule has 4 aromatic rings. The van der Waals surface area contributed by atoms with Gasteiger partial charge in [-0.1, -0.05) is 6.07 Å².